The summed E-state index contributed by atoms with van der Waals surface area (Å²) in [5, 5.41) is 21.6. The molecule has 4 aliphatic rings. The molecule has 0 radical (unpaired) electrons. The summed E-state index contributed by atoms with van der Waals surface area (Å²) in [4.78, 5) is 48.5. The highest BCUT2D eigenvalue weighted by Gasteiger charge is 2.66. The summed E-state index contributed by atoms with van der Waals surface area (Å²) >= 11 is 0. The Labute approximate surface area is 356 Å². The molecule has 0 bridgehead atoms. The van der Waals surface area contributed by atoms with E-state index in [0.29, 0.717) is 58.8 Å². The van der Waals surface area contributed by atoms with Crippen molar-refractivity contribution in [3.05, 3.63) is 149 Å². The van der Waals surface area contributed by atoms with Crippen LogP contribution in [0.1, 0.15) is 64.7 Å². The van der Waals surface area contributed by atoms with E-state index in [1.54, 1.807) is 39.4 Å². The topological polar surface area (TPSA) is 121 Å². The van der Waals surface area contributed by atoms with Crippen molar-refractivity contribution in [3.8, 4) is 0 Å². The van der Waals surface area contributed by atoms with Crippen LogP contribution >= 0.6 is 0 Å². The summed E-state index contributed by atoms with van der Waals surface area (Å²) in [6, 6.07) is 36.5. The van der Waals surface area contributed by atoms with Crippen molar-refractivity contribution in [1.29, 1.82) is 0 Å². The molecule has 1 saturated heterocycles. The molecule has 310 valence electrons. The Morgan fingerprint density at radius 3 is 1.98 bits per heavy atom. The molecule has 62 heavy (non-hydrogen) atoms. The van der Waals surface area contributed by atoms with Gasteiger partial charge in [-0.3, -0.25) is 28.9 Å². The van der Waals surface area contributed by atoms with Gasteiger partial charge in [0.1, 0.15) is 5.67 Å². The second-order valence-corrected chi connectivity index (χ2v) is 17.4. The Hall–Kier alpha value is -6.76. The van der Waals surface area contributed by atoms with Crippen molar-refractivity contribution in [2.75, 3.05) is 21.3 Å². The number of fused-ring (bicyclic) bond motifs is 2. The Kier molecular flexibility index (Phi) is 8.55. The summed E-state index contributed by atoms with van der Waals surface area (Å²) < 4.78 is 25.4. The summed E-state index contributed by atoms with van der Waals surface area (Å²) in [5.41, 5.74) is 3.48. The maximum Gasteiger partial charge on any atom is 0.264 e. The molecule has 1 spiro atoms. The molecule has 4 aliphatic heterocycles. The van der Waals surface area contributed by atoms with Gasteiger partial charge in [-0.2, -0.15) is 0 Å². The molecule has 3 amide bonds. The summed E-state index contributed by atoms with van der Waals surface area (Å²) in [6.45, 7) is 5.47. The van der Waals surface area contributed by atoms with E-state index in [4.69, 9.17) is 4.74 Å². The van der Waals surface area contributed by atoms with Crippen LogP contribution in [0.4, 0.5) is 32.8 Å². The lowest BCUT2D eigenvalue weighted by atomic mass is 9.71. The van der Waals surface area contributed by atoms with Crippen LogP contribution < -0.4 is 14.7 Å². The number of aryl methyl sites for hydroxylation is 1. The van der Waals surface area contributed by atoms with Crippen LogP contribution in [-0.2, 0) is 34.6 Å². The van der Waals surface area contributed by atoms with Crippen LogP contribution in [0.15, 0.2) is 121 Å². The standard InChI is InChI=1S/C50H43FN6O5/c1-29-45(49(2,3)51)42(22-24-54-28-33(23-25-58)52-53-54)62-50(29)38-26-35(57-41-15-7-11-32-9-5-13-37(44(32)41)47(57)60)20-21-39(38)55(48(50)61)27-30-16-18-34(19-17-30)56-40-14-6-10-31-8-4-12-36(43(31)40)46(56)59/h4-21,26,28-29,42,45,58H,22-25,27H2,1-3H3/t29-,42+,45-,50+/m0/s1. The highest BCUT2D eigenvalue weighted by Crippen LogP contribution is 2.59. The average molecular weight is 827 g/mol. The zero-order valence-electron chi connectivity index (χ0n) is 34.5. The van der Waals surface area contributed by atoms with Gasteiger partial charge in [-0.1, -0.05) is 72.8 Å². The molecule has 1 fully saturated rings. The van der Waals surface area contributed by atoms with Gasteiger partial charge in [0.15, 0.2) is 5.60 Å². The number of aliphatic hydroxyl groups is 1. The second-order valence-electron chi connectivity index (χ2n) is 17.4. The van der Waals surface area contributed by atoms with E-state index in [9.17, 15) is 14.7 Å². The minimum atomic E-state index is -1.74. The molecule has 4 atom stereocenters. The van der Waals surface area contributed by atoms with Gasteiger partial charge < -0.3 is 14.7 Å². The first-order valence-electron chi connectivity index (χ1n) is 21.1. The van der Waals surface area contributed by atoms with Crippen molar-refractivity contribution < 1.29 is 28.6 Å². The number of amides is 3. The van der Waals surface area contributed by atoms with Gasteiger partial charge in [-0.25, -0.2) is 4.39 Å². The Balaban J connectivity index is 0.977. The fourth-order valence-electron chi connectivity index (χ4n) is 10.8. The summed E-state index contributed by atoms with van der Waals surface area (Å²) in [5.74, 6) is -1.89. The van der Waals surface area contributed by atoms with Crippen LogP contribution in [0.5, 0.6) is 0 Å². The largest absolute Gasteiger partial charge is 0.396 e. The van der Waals surface area contributed by atoms with Crippen molar-refractivity contribution in [3.63, 3.8) is 0 Å². The highest BCUT2D eigenvalue weighted by atomic mass is 19.1. The molecule has 1 N–H and O–H groups in total. The Morgan fingerprint density at radius 1 is 0.774 bits per heavy atom. The third kappa shape index (κ3) is 5.52. The number of hydrogen-bond acceptors (Lipinski definition) is 7. The second kappa shape index (κ2) is 13.9. The van der Waals surface area contributed by atoms with E-state index in [1.807, 2.05) is 122 Å². The maximum atomic E-state index is 16.7. The summed E-state index contributed by atoms with van der Waals surface area (Å²) in [6.07, 6.45) is 1.80. The lowest BCUT2D eigenvalue weighted by Crippen LogP contribution is -2.45. The molecule has 11 rings (SSSR count). The predicted octanol–water partition coefficient (Wildman–Crippen LogP) is 8.93. The first-order valence-corrected chi connectivity index (χ1v) is 21.1. The molecule has 0 unspecified atom stereocenters. The fourth-order valence-corrected chi connectivity index (χ4v) is 10.8. The van der Waals surface area contributed by atoms with Gasteiger partial charge >= 0.3 is 0 Å². The molecular weight excluding hydrogens is 784 g/mol. The van der Waals surface area contributed by atoms with Crippen molar-refractivity contribution >= 4 is 67.7 Å². The predicted molar refractivity (Wildman–Crippen MR) is 235 cm³/mol. The number of alkyl halides is 1. The maximum absolute atomic E-state index is 16.7. The van der Waals surface area contributed by atoms with Crippen molar-refractivity contribution in [1.82, 2.24) is 15.0 Å². The molecule has 7 aromatic rings. The minimum absolute atomic E-state index is 0.0548. The number of carbonyl (C=O) groups is 3. The number of aliphatic hydroxyl groups excluding tert-OH is 1. The molecule has 1 aromatic heterocycles. The lowest BCUT2D eigenvalue weighted by molar-refractivity contribution is -0.146. The lowest BCUT2D eigenvalue weighted by Gasteiger charge is -2.32. The number of ether oxygens (including phenoxy) is 1. The fraction of sp³-hybridized carbons (Fsp3) is 0.260. The van der Waals surface area contributed by atoms with Crippen LogP contribution in [-0.4, -0.2) is 56.2 Å². The molecule has 6 aromatic carbocycles. The molecule has 0 aliphatic carbocycles. The van der Waals surface area contributed by atoms with Crippen LogP contribution in [0.2, 0.25) is 0 Å². The number of halogens is 1. The van der Waals surface area contributed by atoms with E-state index >= 15 is 9.18 Å². The van der Waals surface area contributed by atoms with Gasteiger partial charge in [0.25, 0.3) is 17.7 Å². The number of rotatable bonds is 10. The van der Waals surface area contributed by atoms with E-state index in [1.165, 1.54) is 0 Å². The van der Waals surface area contributed by atoms with Gasteiger partial charge in [0.2, 0.25) is 0 Å². The Bertz CT molecular complexity index is 3000. The van der Waals surface area contributed by atoms with E-state index in [0.717, 1.165) is 38.5 Å². The number of nitrogens with zero attached hydrogens (tertiary/aromatic N) is 6. The molecule has 5 heterocycles. The first kappa shape index (κ1) is 38.2. The third-order valence-electron chi connectivity index (χ3n) is 13.4. The summed E-state index contributed by atoms with van der Waals surface area (Å²) in [7, 11) is 0. The van der Waals surface area contributed by atoms with E-state index in [-0.39, 0.29) is 30.9 Å². The SMILES string of the molecule is C[C@H]1[C@H](C(C)(C)F)[C@@H](CCn2cc(CCO)nn2)O[C@]12C(=O)N(Cc1ccc(N3C(=O)c4cccc5cccc3c45)cc1)c1ccc(N3C(=O)c4cccc5cccc3c45)cc12. The van der Waals surface area contributed by atoms with Gasteiger partial charge in [-0.05, 0) is 91.2 Å². The average Bonchev–Trinajstić information content (AvgIpc) is 4.04. The molecular formula is C50H43FN6O5. The van der Waals surface area contributed by atoms with Gasteiger partial charge in [-0.15, -0.1) is 5.10 Å². The molecule has 0 saturated carbocycles. The van der Waals surface area contributed by atoms with Crippen molar-refractivity contribution in [2.45, 2.75) is 64.1 Å². The zero-order chi connectivity index (χ0) is 42.7. The monoisotopic (exact) mass is 826 g/mol. The van der Waals surface area contributed by atoms with E-state index in [2.05, 4.69) is 10.3 Å². The van der Waals surface area contributed by atoms with Gasteiger partial charge in [0, 0.05) is 65.3 Å². The smallest absolute Gasteiger partial charge is 0.264 e. The van der Waals surface area contributed by atoms with Crippen LogP contribution in [0.3, 0.4) is 0 Å². The highest BCUT2D eigenvalue weighted by molar-refractivity contribution is 6.29. The van der Waals surface area contributed by atoms with Gasteiger partial charge in [0.05, 0.1) is 46.5 Å². The quantitative estimate of drug-likeness (QED) is 0.146. The first-order chi connectivity index (χ1) is 30.0. The zero-order valence-corrected chi connectivity index (χ0v) is 34.5. The number of anilines is 5. The number of aromatic nitrogens is 3. The number of benzene rings is 6. The number of hydrogen-bond donors (Lipinski definition) is 1. The number of carbonyl (C=O) groups excluding carboxylic acids is 3. The third-order valence-corrected chi connectivity index (χ3v) is 13.4. The van der Waals surface area contributed by atoms with E-state index < -0.39 is 29.2 Å². The molecule has 11 nitrogen and oxygen atoms in total. The minimum Gasteiger partial charge on any atom is -0.396 e. The molecule has 12 heteroatoms. The Morgan fingerprint density at radius 2 is 1.37 bits per heavy atom. The van der Waals surface area contributed by atoms with Crippen LogP contribution in [0.25, 0.3) is 21.5 Å². The van der Waals surface area contributed by atoms with Crippen LogP contribution in [0, 0.1) is 11.8 Å². The van der Waals surface area contributed by atoms with Crippen molar-refractivity contribution in [2.24, 2.45) is 11.8 Å². The normalized spacial score (nSPS) is 21.5.